The molecule has 0 fully saturated rings. The predicted molar refractivity (Wildman–Crippen MR) is 81.4 cm³/mol. The monoisotopic (exact) mass is 282 g/mol. The molecule has 4 heteroatoms. The quantitative estimate of drug-likeness (QED) is 0.878. The van der Waals surface area contributed by atoms with Crippen molar-refractivity contribution in [2.45, 2.75) is 53.9 Å². The fourth-order valence-corrected chi connectivity index (χ4v) is 1.43. The molecular formula is C16H26O4. The summed E-state index contributed by atoms with van der Waals surface area (Å²) in [6.07, 6.45) is 3.10. The van der Waals surface area contributed by atoms with Gasteiger partial charge in [0.15, 0.2) is 0 Å². The highest BCUT2D eigenvalue weighted by Crippen LogP contribution is 2.13. The first-order valence-corrected chi connectivity index (χ1v) is 6.88. The van der Waals surface area contributed by atoms with Crippen LogP contribution in [0.5, 0.6) is 0 Å². The molecule has 0 spiro atoms. The number of hydrogen-bond donors (Lipinski definition) is 2. The van der Waals surface area contributed by atoms with Gasteiger partial charge in [-0.05, 0) is 36.1 Å². The molecule has 20 heavy (non-hydrogen) atoms. The molecule has 0 saturated carbocycles. The van der Waals surface area contributed by atoms with Gasteiger partial charge in [0, 0.05) is 6.92 Å². The number of carbonyl (C=O) groups is 2. The summed E-state index contributed by atoms with van der Waals surface area (Å²) in [6, 6.07) is 5.34. The number of carboxylic acids is 2. The Hall–Kier alpha value is -1.84. The highest BCUT2D eigenvalue weighted by Gasteiger charge is 2.05. The van der Waals surface area contributed by atoms with Gasteiger partial charge in [0.25, 0.3) is 5.97 Å². The number of aryl methyl sites for hydroxylation is 2. The lowest BCUT2D eigenvalue weighted by Crippen LogP contribution is -1.99. The van der Waals surface area contributed by atoms with Crippen molar-refractivity contribution < 1.29 is 19.8 Å². The molecule has 0 radical (unpaired) electrons. The van der Waals surface area contributed by atoms with Gasteiger partial charge in [-0.1, -0.05) is 40.2 Å². The number of carboxylic acid groups (broad SMARTS) is 2. The van der Waals surface area contributed by atoms with Gasteiger partial charge < -0.3 is 10.2 Å². The van der Waals surface area contributed by atoms with E-state index in [2.05, 4.69) is 20.8 Å². The van der Waals surface area contributed by atoms with E-state index < -0.39 is 11.9 Å². The van der Waals surface area contributed by atoms with Crippen molar-refractivity contribution in [2.75, 3.05) is 0 Å². The Labute approximate surface area is 121 Å². The van der Waals surface area contributed by atoms with Gasteiger partial charge in [0.05, 0.1) is 5.56 Å². The van der Waals surface area contributed by atoms with E-state index >= 15 is 0 Å². The fourth-order valence-electron chi connectivity index (χ4n) is 1.43. The average Bonchev–Trinajstić information content (AvgIpc) is 2.38. The van der Waals surface area contributed by atoms with Crippen LogP contribution in [0.4, 0.5) is 0 Å². The average molecular weight is 282 g/mol. The van der Waals surface area contributed by atoms with Gasteiger partial charge in [0.1, 0.15) is 0 Å². The minimum Gasteiger partial charge on any atom is -0.481 e. The molecule has 114 valence electrons. The zero-order valence-electron chi connectivity index (χ0n) is 13.1. The van der Waals surface area contributed by atoms with Crippen molar-refractivity contribution in [1.82, 2.24) is 0 Å². The second-order valence-corrected chi connectivity index (χ2v) is 4.22. The first-order valence-electron chi connectivity index (χ1n) is 6.88. The third kappa shape index (κ3) is 10.1. The third-order valence-corrected chi connectivity index (χ3v) is 2.22. The summed E-state index contributed by atoms with van der Waals surface area (Å²) in [5, 5.41) is 16.2. The van der Waals surface area contributed by atoms with Crippen molar-refractivity contribution in [3.05, 3.63) is 34.9 Å². The van der Waals surface area contributed by atoms with Crippen LogP contribution >= 0.6 is 0 Å². The summed E-state index contributed by atoms with van der Waals surface area (Å²) in [7, 11) is 0. The first kappa shape index (κ1) is 20.5. The Balaban J connectivity index is 0. The molecule has 1 aromatic rings. The number of aliphatic carboxylic acids is 1. The molecule has 0 aromatic heterocycles. The van der Waals surface area contributed by atoms with E-state index in [9.17, 15) is 4.79 Å². The van der Waals surface area contributed by atoms with E-state index in [0.717, 1.165) is 25.3 Å². The molecule has 1 rings (SSSR count). The van der Waals surface area contributed by atoms with Crippen molar-refractivity contribution in [1.29, 1.82) is 0 Å². The summed E-state index contributed by atoms with van der Waals surface area (Å²) >= 11 is 0. The fraction of sp³-hybridized carbons (Fsp3) is 0.500. The Morgan fingerprint density at radius 2 is 1.35 bits per heavy atom. The zero-order valence-corrected chi connectivity index (χ0v) is 13.1. The normalized spacial score (nSPS) is 8.65. The van der Waals surface area contributed by atoms with Crippen LogP contribution in [0.15, 0.2) is 18.2 Å². The Morgan fingerprint density at radius 1 is 0.950 bits per heavy atom. The van der Waals surface area contributed by atoms with Crippen LogP contribution in [0.2, 0.25) is 0 Å². The van der Waals surface area contributed by atoms with Crippen molar-refractivity contribution in [3.8, 4) is 0 Å². The van der Waals surface area contributed by atoms with Crippen molar-refractivity contribution in [3.63, 3.8) is 0 Å². The second kappa shape index (κ2) is 12.2. The first-order chi connectivity index (χ1) is 9.33. The van der Waals surface area contributed by atoms with Gasteiger partial charge >= 0.3 is 5.97 Å². The van der Waals surface area contributed by atoms with Crippen molar-refractivity contribution >= 4 is 11.9 Å². The summed E-state index contributed by atoms with van der Waals surface area (Å²) in [4.78, 5) is 19.7. The van der Waals surface area contributed by atoms with Crippen LogP contribution in [0.1, 0.15) is 62.5 Å². The molecule has 0 saturated heterocycles. The molecule has 0 aliphatic rings. The highest BCUT2D eigenvalue weighted by atomic mass is 16.4. The molecule has 0 heterocycles. The summed E-state index contributed by atoms with van der Waals surface area (Å²) < 4.78 is 0. The lowest BCUT2D eigenvalue weighted by molar-refractivity contribution is -0.134. The number of benzene rings is 1. The highest BCUT2D eigenvalue weighted by molar-refractivity contribution is 5.87. The van der Waals surface area contributed by atoms with E-state index in [1.807, 2.05) is 13.0 Å². The smallest absolute Gasteiger partial charge is 0.335 e. The van der Waals surface area contributed by atoms with Crippen molar-refractivity contribution in [2.24, 2.45) is 0 Å². The summed E-state index contributed by atoms with van der Waals surface area (Å²) in [5.41, 5.74) is 2.77. The van der Waals surface area contributed by atoms with Gasteiger partial charge in [-0.2, -0.15) is 0 Å². The Bertz CT molecular complexity index is 407. The standard InChI is InChI=1S/C11H14O2.C3H8.C2H4O2/c1-3-8-5-6-10(11(12)13)7-9(8)4-2;1-3-2;1-2(3)4/h5-7H,3-4H2,1-2H3,(H,12,13);3H2,1-2H3;1H3,(H,3,4). The van der Waals surface area contributed by atoms with Gasteiger partial charge in [-0.15, -0.1) is 0 Å². The Kier molecular flexibility index (Phi) is 12.5. The van der Waals surface area contributed by atoms with Crippen LogP contribution in [-0.4, -0.2) is 22.2 Å². The molecule has 0 unspecified atom stereocenters. The van der Waals surface area contributed by atoms with E-state index in [4.69, 9.17) is 15.0 Å². The Morgan fingerprint density at radius 3 is 1.65 bits per heavy atom. The van der Waals surface area contributed by atoms with Crippen LogP contribution in [-0.2, 0) is 17.6 Å². The van der Waals surface area contributed by atoms with E-state index in [-0.39, 0.29) is 0 Å². The van der Waals surface area contributed by atoms with Crippen LogP contribution in [0.3, 0.4) is 0 Å². The maximum Gasteiger partial charge on any atom is 0.335 e. The lowest BCUT2D eigenvalue weighted by atomic mass is 10.0. The summed E-state index contributed by atoms with van der Waals surface area (Å²) in [6.45, 7) is 9.45. The van der Waals surface area contributed by atoms with Crippen LogP contribution in [0, 0.1) is 0 Å². The lowest BCUT2D eigenvalue weighted by Gasteiger charge is -2.05. The number of aromatic carboxylic acids is 1. The molecule has 1 aromatic carbocycles. The maximum atomic E-state index is 10.7. The summed E-state index contributed by atoms with van der Waals surface area (Å²) in [5.74, 6) is -1.68. The third-order valence-electron chi connectivity index (χ3n) is 2.22. The molecule has 0 atom stereocenters. The number of hydrogen-bond acceptors (Lipinski definition) is 2. The van der Waals surface area contributed by atoms with E-state index in [0.29, 0.717) is 5.56 Å². The second-order valence-electron chi connectivity index (χ2n) is 4.22. The molecule has 2 N–H and O–H groups in total. The minimum absolute atomic E-state index is 0.383. The van der Waals surface area contributed by atoms with E-state index in [1.165, 1.54) is 12.0 Å². The van der Waals surface area contributed by atoms with Crippen LogP contribution < -0.4 is 0 Å². The van der Waals surface area contributed by atoms with Crippen LogP contribution in [0.25, 0.3) is 0 Å². The predicted octanol–water partition coefficient (Wildman–Crippen LogP) is 4.02. The zero-order chi connectivity index (χ0) is 16.1. The van der Waals surface area contributed by atoms with Gasteiger partial charge in [-0.25, -0.2) is 4.79 Å². The minimum atomic E-state index is -0.850. The van der Waals surface area contributed by atoms with Gasteiger partial charge in [0.2, 0.25) is 0 Å². The SMILES string of the molecule is CC(=O)O.CCC.CCc1ccc(C(=O)O)cc1CC. The molecule has 0 aliphatic carbocycles. The van der Waals surface area contributed by atoms with E-state index in [1.54, 1.807) is 12.1 Å². The topological polar surface area (TPSA) is 74.6 Å². The molecule has 0 aliphatic heterocycles. The molecule has 0 bridgehead atoms. The number of rotatable bonds is 3. The molecular weight excluding hydrogens is 256 g/mol. The largest absolute Gasteiger partial charge is 0.481 e. The maximum absolute atomic E-state index is 10.7. The molecule has 4 nitrogen and oxygen atoms in total. The molecule has 0 amide bonds. The van der Waals surface area contributed by atoms with Gasteiger partial charge in [-0.3, -0.25) is 4.79 Å².